The molecule has 4 nitrogen and oxygen atoms in total. The van der Waals surface area contributed by atoms with Crippen molar-refractivity contribution in [3.8, 4) is 5.75 Å². The van der Waals surface area contributed by atoms with E-state index in [-0.39, 0.29) is 11.9 Å². The Hall–Kier alpha value is -1.55. The molecule has 1 amide bonds. The van der Waals surface area contributed by atoms with E-state index < -0.39 is 6.10 Å². The molecule has 0 saturated heterocycles. The molecule has 0 saturated carbocycles. The number of benzene rings is 1. The van der Waals surface area contributed by atoms with Crippen molar-refractivity contribution < 1.29 is 14.6 Å². The third kappa shape index (κ3) is 3.73. The molecule has 1 atom stereocenters. The van der Waals surface area contributed by atoms with Gasteiger partial charge in [0.25, 0.3) is 5.91 Å². The summed E-state index contributed by atoms with van der Waals surface area (Å²) < 4.78 is 5.44. The SMILES string of the molecule is COc1c(C)c(C)cc(CC(C)O)c1C(=O)NC(C)C. The van der Waals surface area contributed by atoms with Crippen molar-refractivity contribution >= 4 is 5.91 Å². The van der Waals surface area contributed by atoms with Crippen molar-refractivity contribution in [1.82, 2.24) is 5.32 Å². The second-order valence-electron chi connectivity index (χ2n) is 5.57. The summed E-state index contributed by atoms with van der Waals surface area (Å²) >= 11 is 0. The quantitative estimate of drug-likeness (QED) is 0.870. The fourth-order valence-corrected chi connectivity index (χ4v) is 2.27. The predicted molar refractivity (Wildman–Crippen MR) is 80.5 cm³/mol. The van der Waals surface area contributed by atoms with Crippen LogP contribution in [-0.4, -0.2) is 30.3 Å². The lowest BCUT2D eigenvalue weighted by Crippen LogP contribution is -2.31. The number of aliphatic hydroxyl groups is 1. The molecule has 0 radical (unpaired) electrons. The highest BCUT2D eigenvalue weighted by atomic mass is 16.5. The van der Waals surface area contributed by atoms with Crippen molar-refractivity contribution in [3.05, 3.63) is 28.3 Å². The standard InChI is InChI=1S/C16H25NO3/c1-9(2)17-16(19)14-13(8-11(4)18)7-10(3)12(5)15(14)20-6/h7,9,11,18H,8H2,1-6H3,(H,17,19). The van der Waals surface area contributed by atoms with Gasteiger partial charge in [-0.2, -0.15) is 0 Å². The van der Waals surface area contributed by atoms with Gasteiger partial charge in [0.2, 0.25) is 0 Å². The van der Waals surface area contributed by atoms with Gasteiger partial charge < -0.3 is 15.2 Å². The van der Waals surface area contributed by atoms with Crippen LogP contribution in [0.3, 0.4) is 0 Å². The number of aryl methyl sites for hydroxylation is 1. The average molecular weight is 279 g/mol. The van der Waals surface area contributed by atoms with E-state index in [0.717, 1.165) is 16.7 Å². The van der Waals surface area contributed by atoms with Crippen LogP contribution in [-0.2, 0) is 6.42 Å². The number of aliphatic hydroxyl groups excluding tert-OH is 1. The number of hydrogen-bond acceptors (Lipinski definition) is 3. The molecule has 2 N–H and O–H groups in total. The molecular weight excluding hydrogens is 254 g/mol. The van der Waals surface area contributed by atoms with Crippen LogP contribution in [0, 0.1) is 13.8 Å². The second-order valence-corrected chi connectivity index (χ2v) is 5.57. The summed E-state index contributed by atoms with van der Waals surface area (Å²) in [5, 5.41) is 12.5. The minimum Gasteiger partial charge on any atom is -0.496 e. The summed E-state index contributed by atoms with van der Waals surface area (Å²) in [7, 11) is 1.57. The molecule has 1 aromatic rings. The van der Waals surface area contributed by atoms with E-state index in [9.17, 15) is 9.90 Å². The number of nitrogens with one attached hydrogen (secondary N) is 1. The van der Waals surface area contributed by atoms with E-state index in [1.165, 1.54) is 0 Å². The van der Waals surface area contributed by atoms with E-state index >= 15 is 0 Å². The normalized spacial score (nSPS) is 12.4. The lowest BCUT2D eigenvalue weighted by molar-refractivity contribution is 0.0938. The Labute approximate surface area is 121 Å². The number of ether oxygens (including phenoxy) is 1. The number of methoxy groups -OCH3 is 1. The van der Waals surface area contributed by atoms with Gasteiger partial charge in [0, 0.05) is 6.04 Å². The Kier molecular flexibility index (Phi) is 5.57. The molecule has 4 heteroatoms. The molecule has 1 aromatic carbocycles. The summed E-state index contributed by atoms with van der Waals surface area (Å²) in [6.07, 6.45) is -0.0781. The monoisotopic (exact) mass is 279 g/mol. The van der Waals surface area contributed by atoms with Crippen LogP contribution in [0.25, 0.3) is 0 Å². The Balaban J connectivity index is 3.42. The lowest BCUT2D eigenvalue weighted by Gasteiger charge is -2.19. The van der Waals surface area contributed by atoms with E-state index in [1.807, 2.05) is 33.8 Å². The zero-order chi connectivity index (χ0) is 15.4. The summed E-state index contributed by atoms with van der Waals surface area (Å²) in [5.74, 6) is 0.439. The Morgan fingerprint density at radius 1 is 1.35 bits per heavy atom. The lowest BCUT2D eigenvalue weighted by atomic mass is 9.94. The molecule has 0 aliphatic carbocycles. The summed E-state index contributed by atoms with van der Waals surface area (Å²) in [6.45, 7) is 9.46. The van der Waals surface area contributed by atoms with Gasteiger partial charge in [-0.15, -0.1) is 0 Å². The van der Waals surface area contributed by atoms with E-state index in [1.54, 1.807) is 14.0 Å². The molecule has 112 valence electrons. The van der Waals surface area contributed by atoms with Crippen molar-refractivity contribution in [2.24, 2.45) is 0 Å². The minimum atomic E-state index is -0.507. The molecule has 0 aromatic heterocycles. The summed E-state index contributed by atoms with van der Waals surface area (Å²) in [5.41, 5.74) is 3.36. The molecule has 1 rings (SSSR count). The molecule has 20 heavy (non-hydrogen) atoms. The Bertz CT molecular complexity index is 493. The van der Waals surface area contributed by atoms with E-state index in [0.29, 0.717) is 17.7 Å². The van der Waals surface area contributed by atoms with Gasteiger partial charge >= 0.3 is 0 Å². The molecule has 0 aliphatic rings. The number of amides is 1. The Morgan fingerprint density at radius 3 is 2.40 bits per heavy atom. The minimum absolute atomic E-state index is 0.0493. The molecule has 0 heterocycles. The smallest absolute Gasteiger partial charge is 0.255 e. The number of rotatable bonds is 5. The van der Waals surface area contributed by atoms with Crippen molar-refractivity contribution in [2.45, 2.75) is 53.2 Å². The van der Waals surface area contributed by atoms with Gasteiger partial charge in [0.05, 0.1) is 18.8 Å². The maximum atomic E-state index is 12.4. The maximum Gasteiger partial charge on any atom is 0.255 e. The first-order valence-corrected chi connectivity index (χ1v) is 6.93. The molecule has 0 spiro atoms. The zero-order valence-corrected chi connectivity index (χ0v) is 13.2. The third-order valence-electron chi connectivity index (χ3n) is 3.24. The highest BCUT2D eigenvalue weighted by Crippen LogP contribution is 2.30. The van der Waals surface area contributed by atoms with Crippen LogP contribution in [0.2, 0.25) is 0 Å². The molecule has 0 fully saturated rings. The van der Waals surface area contributed by atoms with Crippen LogP contribution < -0.4 is 10.1 Å². The van der Waals surface area contributed by atoms with Crippen molar-refractivity contribution in [1.29, 1.82) is 0 Å². The predicted octanol–water partition coefficient (Wildman–Crippen LogP) is 2.37. The van der Waals surface area contributed by atoms with E-state index in [2.05, 4.69) is 5.32 Å². The molecule has 0 aliphatic heterocycles. The third-order valence-corrected chi connectivity index (χ3v) is 3.24. The topological polar surface area (TPSA) is 58.6 Å². The number of carbonyl (C=O) groups is 1. The van der Waals surface area contributed by atoms with Crippen LogP contribution in [0.1, 0.15) is 47.8 Å². The first-order valence-electron chi connectivity index (χ1n) is 6.93. The van der Waals surface area contributed by atoms with Crippen LogP contribution >= 0.6 is 0 Å². The van der Waals surface area contributed by atoms with Crippen LogP contribution in [0.4, 0.5) is 0 Å². The van der Waals surface area contributed by atoms with Gasteiger partial charge in [-0.05, 0) is 57.7 Å². The molecular formula is C16H25NO3. The van der Waals surface area contributed by atoms with Gasteiger partial charge in [-0.25, -0.2) is 0 Å². The van der Waals surface area contributed by atoms with Crippen LogP contribution in [0.5, 0.6) is 5.75 Å². The highest BCUT2D eigenvalue weighted by molar-refractivity contribution is 5.99. The first kappa shape index (κ1) is 16.5. The summed E-state index contributed by atoms with van der Waals surface area (Å²) in [6, 6.07) is 2.01. The average Bonchev–Trinajstić information content (AvgIpc) is 2.31. The zero-order valence-electron chi connectivity index (χ0n) is 13.2. The molecule has 0 bridgehead atoms. The fraction of sp³-hybridized carbons (Fsp3) is 0.562. The second kappa shape index (κ2) is 6.75. The van der Waals surface area contributed by atoms with Crippen molar-refractivity contribution in [3.63, 3.8) is 0 Å². The van der Waals surface area contributed by atoms with Gasteiger partial charge in [0.15, 0.2) is 0 Å². The number of carbonyl (C=O) groups excluding carboxylic acids is 1. The number of hydrogen-bond donors (Lipinski definition) is 2. The van der Waals surface area contributed by atoms with E-state index in [4.69, 9.17) is 4.74 Å². The van der Waals surface area contributed by atoms with Crippen molar-refractivity contribution in [2.75, 3.05) is 7.11 Å². The molecule has 1 unspecified atom stereocenters. The first-order chi connectivity index (χ1) is 9.27. The van der Waals surface area contributed by atoms with Gasteiger partial charge in [-0.1, -0.05) is 6.07 Å². The summed E-state index contributed by atoms with van der Waals surface area (Å²) in [4.78, 5) is 12.4. The maximum absolute atomic E-state index is 12.4. The highest BCUT2D eigenvalue weighted by Gasteiger charge is 2.22. The Morgan fingerprint density at radius 2 is 1.95 bits per heavy atom. The van der Waals surface area contributed by atoms with Gasteiger partial charge in [-0.3, -0.25) is 4.79 Å². The fourth-order valence-electron chi connectivity index (χ4n) is 2.27. The van der Waals surface area contributed by atoms with Gasteiger partial charge in [0.1, 0.15) is 5.75 Å². The van der Waals surface area contributed by atoms with Crippen LogP contribution in [0.15, 0.2) is 6.07 Å². The largest absolute Gasteiger partial charge is 0.496 e.